The first-order chi connectivity index (χ1) is 16.2. The number of hydrogen-bond acceptors (Lipinski definition) is 4. The van der Waals surface area contributed by atoms with E-state index in [9.17, 15) is 13.2 Å². The van der Waals surface area contributed by atoms with Gasteiger partial charge in [-0.15, -0.1) is 0 Å². The van der Waals surface area contributed by atoms with Gasteiger partial charge in [-0.2, -0.15) is 5.10 Å². The molecular weight excluding hydrogens is 448 g/mol. The van der Waals surface area contributed by atoms with Crippen molar-refractivity contribution in [1.82, 2.24) is 14.5 Å². The second-order valence-corrected chi connectivity index (χ2v) is 9.99. The quantitative estimate of drug-likeness (QED) is 0.426. The van der Waals surface area contributed by atoms with Crippen molar-refractivity contribution in [2.24, 2.45) is 0 Å². The molecule has 0 aliphatic heterocycles. The fourth-order valence-corrected chi connectivity index (χ4v) is 4.80. The van der Waals surface area contributed by atoms with Gasteiger partial charge in [0.25, 0.3) is 5.91 Å². The molecule has 34 heavy (non-hydrogen) atoms. The number of para-hydroxylation sites is 1. The molecule has 2 N–H and O–H groups in total. The topological polar surface area (TPSA) is 93.1 Å². The number of nitrogens with one attached hydrogen (secondary N) is 2. The highest BCUT2D eigenvalue weighted by Crippen LogP contribution is 2.29. The van der Waals surface area contributed by atoms with E-state index < -0.39 is 10.0 Å². The molecule has 8 heteroatoms. The number of hydrogen-bond donors (Lipinski definition) is 2. The summed E-state index contributed by atoms with van der Waals surface area (Å²) in [4.78, 5) is 13.5. The maximum absolute atomic E-state index is 13.4. The minimum atomic E-state index is -3.66. The molecule has 174 valence electrons. The third-order valence-corrected chi connectivity index (χ3v) is 7.18. The van der Waals surface area contributed by atoms with Crippen LogP contribution in [0.1, 0.15) is 27.0 Å². The summed E-state index contributed by atoms with van der Waals surface area (Å²) < 4.78 is 28.7. The Hall–Kier alpha value is -3.75. The van der Waals surface area contributed by atoms with Gasteiger partial charge in [-0.1, -0.05) is 48.0 Å². The average Bonchev–Trinajstić information content (AvgIpc) is 3.26. The molecule has 0 unspecified atom stereocenters. The molecule has 4 aromatic rings. The van der Waals surface area contributed by atoms with E-state index in [1.165, 1.54) is 13.1 Å². The van der Waals surface area contributed by atoms with Gasteiger partial charge >= 0.3 is 0 Å². The molecule has 3 aromatic carbocycles. The molecule has 4 rings (SSSR count). The lowest BCUT2D eigenvalue weighted by Gasteiger charge is -2.11. The largest absolute Gasteiger partial charge is 0.322 e. The Bertz CT molecular complexity index is 1480. The number of benzene rings is 3. The maximum Gasteiger partial charge on any atom is 0.259 e. The molecule has 0 saturated heterocycles. The van der Waals surface area contributed by atoms with Crippen molar-refractivity contribution in [3.05, 3.63) is 95.2 Å². The highest BCUT2D eigenvalue weighted by atomic mass is 32.2. The molecule has 0 saturated carbocycles. The van der Waals surface area contributed by atoms with Gasteiger partial charge in [0, 0.05) is 17.4 Å². The molecule has 7 nitrogen and oxygen atoms in total. The zero-order chi connectivity index (χ0) is 24.5. The molecular formula is C26H26N4O3S. The van der Waals surface area contributed by atoms with Crippen molar-refractivity contribution in [3.8, 4) is 16.9 Å². The SMILES string of the molecule is CNS(=O)(=O)c1cc(NC(=O)c2cn(-c3ccccc3)nc2-c2ccc(C)cc2C)ccc1C. The number of nitrogens with zero attached hydrogens (tertiary/aromatic N) is 2. The van der Waals surface area contributed by atoms with E-state index in [1.807, 2.05) is 62.4 Å². The number of carbonyl (C=O) groups excluding carboxylic acids is 1. The van der Waals surface area contributed by atoms with Gasteiger partial charge in [-0.25, -0.2) is 17.8 Å². The van der Waals surface area contributed by atoms with E-state index in [4.69, 9.17) is 5.10 Å². The van der Waals surface area contributed by atoms with Crippen molar-refractivity contribution >= 4 is 21.6 Å². The Morgan fingerprint density at radius 2 is 1.65 bits per heavy atom. The number of aryl methyl sites for hydroxylation is 3. The lowest BCUT2D eigenvalue weighted by molar-refractivity contribution is 0.102. The zero-order valence-corrected chi connectivity index (χ0v) is 20.3. The first-order valence-corrected chi connectivity index (χ1v) is 12.3. The summed E-state index contributed by atoms with van der Waals surface area (Å²) in [5, 5.41) is 7.58. The number of carbonyl (C=O) groups is 1. The van der Waals surface area contributed by atoms with Crippen LogP contribution in [-0.2, 0) is 10.0 Å². The lowest BCUT2D eigenvalue weighted by atomic mass is 10.0. The Morgan fingerprint density at radius 1 is 0.912 bits per heavy atom. The second kappa shape index (κ2) is 9.24. The van der Waals surface area contributed by atoms with Crippen LogP contribution in [0.3, 0.4) is 0 Å². The Balaban J connectivity index is 1.78. The summed E-state index contributed by atoms with van der Waals surface area (Å²) in [5.74, 6) is -0.381. The Labute approximate surface area is 199 Å². The minimum Gasteiger partial charge on any atom is -0.322 e. The number of aromatic nitrogens is 2. The van der Waals surface area contributed by atoms with Crippen molar-refractivity contribution in [2.45, 2.75) is 25.7 Å². The molecule has 0 spiro atoms. The van der Waals surface area contributed by atoms with Gasteiger partial charge in [0.1, 0.15) is 5.69 Å². The smallest absolute Gasteiger partial charge is 0.259 e. The fourth-order valence-electron chi connectivity index (χ4n) is 3.81. The number of anilines is 1. The van der Waals surface area contributed by atoms with Crippen molar-refractivity contribution in [1.29, 1.82) is 0 Å². The zero-order valence-electron chi connectivity index (χ0n) is 19.5. The van der Waals surface area contributed by atoms with Crippen LogP contribution in [0.15, 0.2) is 77.8 Å². The van der Waals surface area contributed by atoms with Gasteiger partial charge in [0.2, 0.25) is 10.0 Å². The third kappa shape index (κ3) is 4.64. The summed E-state index contributed by atoms with van der Waals surface area (Å²) in [7, 11) is -2.31. The van der Waals surface area contributed by atoms with Gasteiger partial charge in [0.15, 0.2) is 0 Å². The standard InChI is InChI=1S/C26H26N4O3S/c1-17-10-13-22(19(3)14-17)25-23(16-30(29-25)21-8-6-5-7-9-21)26(31)28-20-12-11-18(2)24(15-20)34(32,33)27-4/h5-16,27H,1-4H3,(H,28,31). The Kier molecular flexibility index (Phi) is 6.37. The van der Waals surface area contributed by atoms with Gasteiger partial charge in [0.05, 0.1) is 16.1 Å². The third-order valence-electron chi connectivity index (χ3n) is 5.62. The van der Waals surface area contributed by atoms with Crippen LogP contribution in [0.25, 0.3) is 16.9 Å². The molecule has 0 atom stereocenters. The summed E-state index contributed by atoms with van der Waals surface area (Å²) in [6.45, 7) is 5.71. The second-order valence-electron chi connectivity index (χ2n) is 8.13. The molecule has 0 fully saturated rings. The number of amides is 1. The average molecular weight is 475 g/mol. The van der Waals surface area contributed by atoms with Crippen LogP contribution >= 0.6 is 0 Å². The fraction of sp³-hybridized carbons (Fsp3) is 0.154. The van der Waals surface area contributed by atoms with Crippen molar-refractivity contribution < 1.29 is 13.2 Å². The summed E-state index contributed by atoms with van der Waals surface area (Å²) >= 11 is 0. The van der Waals surface area contributed by atoms with Crippen LogP contribution in [-0.4, -0.2) is 31.2 Å². The minimum absolute atomic E-state index is 0.113. The van der Waals surface area contributed by atoms with E-state index in [1.54, 1.807) is 29.9 Å². The molecule has 1 heterocycles. The molecule has 0 bridgehead atoms. The van der Waals surface area contributed by atoms with Gasteiger partial charge in [-0.05, 0) is 63.2 Å². The van der Waals surface area contributed by atoms with E-state index >= 15 is 0 Å². The number of rotatable bonds is 6. The normalized spacial score (nSPS) is 11.4. The van der Waals surface area contributed by atoms with E-state index in [-0.39, 0.29) is 10.8 Å². The van der Waals surface area contributed by atoms with Crippen LogP contribution in [0, 0.1) is 20.8 Å². The van der Waals surface area contributed by atoms with Gasteiger partial charge < -0.3 is 5.32 Å². The summed E-state index contributed by atoms with van der Waals surface area (Å²) in [5.41, 5.74) is 5.70. The van der Waals surface area contributed by atoms with E-state index in [0.29, 0.717) is 22.5 Å². The van der Waals surface area contributed by atoms with Crippen molar-refractivity contribution in [3.63, 3.8) is 0 Å². The molecule has 0 radical (unpaired) electrons. The first kappa shape index (κ1) is 23.4. The molecule has 1 aromatic heterocycles. The van der Waals surface area contributed by atoms with Crippen LogP contribution < -0.4 is 10.0 Å². The van der Waals surface area contributed by atoms with E-state index in [0.717, 1.165) is 22.4 Å². The summed E-state index contributed by atoms with van der Waals surface area (Å²) in [6.07, 6.45) is 1.69. The highest BCUT2D eigenvalue weighted by Gasteiger charge is 2.21. The maximum atomic E-state index is 13.4. The molecule has 0 aliphatic rings. The Morgan fingerprint density at radius 3 is 2.32 bits per heavy atom. The van der Waals surface area contributed by atoms with Crippen LogP contribution in [0.4, 0.5) is 5.69 Å². The van der Waals surface area contributed by atoms with Gasteiger partial charge in [-0.3, -0.25) is 4.79 Å². The lowest BCUT2D eigenvalue weighted by Crippen LogP contribution is -2.20. The predicted octanol–water partition coefficient (Wildman–Crippen LogP) is 4.62. The van der Waals surface area contributed by atoms with Crippen LogP contribution in [0.5, 0.6) is 0 Å². The van der Waals surface area contributed by atoms with Crippen molar-refractivity contribution in [2.75, 3.05) is 12.4 Å². The van der Waals surface area contributed by atoms with E-state index in [2.05, 4.69) is 10.0 Å². The predicted molar refractivity (Wildman–Crippen MR) is 134 cm³/mol. The molecule has 0 aliphatic carbocycles. The summed E-state index contributed by atoms with van der Waals surface area (Å²) in [6, 6.07) is 20.4. The first-order valence-electron chi connectivity index (χ1n) is 10.8. The number of sulfonamides is 1. The monoisotopic (exact) mass is 474 g/mol. The highest BCUT2D eigenvalue weighted by molar-refractivity contribution is 7.89. The van der Waals surface area contributed by atoms with Crippen LogP contribution in [0.2, 0.25) is 0 Å². The molecule has 1 amide bonds.